The Labute approximate surface area is 288 Å². The van der Waals surface area contributed by atoms with Gasteiger partial charge in [0.05, 0.1) is 16.7 Å². The molecule has 0 unspecified atom stereocenters. The third kappa shape index (κ3) is 4.70. The van der Waals surface area contributed by atoms with E-state index in [1.165, 1.54) is 121 Å². The topological polar surface area (TPSA) is 11.4 Å². The van der Waals surface area contributed by atoms with E-state index in [0.29, 0.717) is 0 Å². The van der Waals surface area contributed by atoms with Crippen LogP contribution in [0.1, 0.15) is 38.5 Å². The van der Waals surface area contributed by atoms with Crippen LogP contribution in [-0.2, 0) is 0 Å². The normalized spacial score (nSPS) is 15.7. The molecule has 0 bridgehead atoms. The number of para-hydroxylation sites is 2. The number of piperidine rings is 2. The molecule has 2 aliphatic rings. The summed E-state index contributed by atoms with van der Waals surface area (Å²) in [5, 5.41) is 10.4. The van der Waals surface area contributed by atoms with Crippen LogP contribution in [0.4, 0.5) is 11.4 Å². The van der Waals surface area contributed by atoms with Gasteiger partial charge in [-0.15, -0.1) is 0 Å². The number of hydrogen-bond acceptors (Lipinski definition) is 2. The first-order chi connectivity index (χ1) is 24.3. The highest BCUT2D eigenvalue weighted by atomic mass is 15.1. The van der Waals surface area contributed by atoms with E-state index in [4.69, 9.17) is 0 Å². The predicted molar refractivity (Wildman–Crippen MR) is 211 cm³/mol. The molecule has 49 heavy (non-hydrogen) atoms. The van der Waals surface area contributed by atoms with E-state index in [9.17, 15) is 0 Å². The molecule has 3 heteroatoms. The Morgan fingerprint density at radius 3 is 1.57 bits per heavy atom. The van der Waals surface area contributed by atoms with Gasteiger partial charge in [0.15, 0.2) is 0 Å². The summed E-state index contributed by atoms with van der Waals surface area (Å²) in [5.41, 5.74) is 9.10. The van der Waals surface area contributed by atoms with E-state index in [0.717, 1.165) is 26.2 Å². The maximum Gasteiger partial charge on any atom is 0.0620 e. The summed E-state index contributed by atoms with van der Waals surface area (Å²) in [6.07, 6.45) is 7.70. The maximum absolute atomic E-state index is 2.61. The number of aromatic nitrogens is 1. The van der Waals surface area contributed by atoms with Gasteiger partial charge in [-0.25, -0.2) is 0 Å². The highest BCUT2D eigenvalue weighted by molar-refractivity contribution is 6.22. The lowest BCUT2D eigenvalue weighted by Gasteiger charge is -2.30. The van der Waals surface area contributed by atoms with E-state index in [2.05, 4.69) is 142 Å². The van der Waals surface area contributed by atoms with Crippen molar-refractivity contribution in [2.75, 3.05) is 36.0 Å². The van der Waals surface area contributed by atoms with Gasteiger partial charge in [-0.05, 0) is 114 Å². The van der Waals surface area contributed by atoms with Gasteiger partial charge in [-0.2, -0.15) is 0 Å². The Hall–Kier alpha value is -5.28. The van der Waals surface area contributed by atoms with Crippen molar-refractivity contribution < 1.29 is 0 Å². The lowest BCUT2D eigenvalue weighted by molar-refractivity contribution is 0.578. The summed E-state index contributed by atoms with van der Waals surface area (Å²) in [6.45, 7) is 4.51. The molecule has 0 atom stereocenters. The zero-order valence-corrected chi connectivity index (χ0v) is 28.0. The molecule has 1 aromatic heterocycles. The fourth-order valence-electron chi connectivity index (χ4n) is 8.94. The minimum Gasteiger partial charge on any atom is -0.372 e. The standard InChI is InChI=1S/C46H41N3/c1-9-25-47(26-10-1)35-22-24-40-41(30-35)45(34-20-19-32-13-3-4-14-33(32)29-34)39-23-21-36(48-27-11-2-12-28-48)31-42(39)46(40)49-43-17-7-5-15-37(43)38-16-6-8-18-44(38)49/h3-8,13-24,29-31H,1-2,9-12,25-28H2. The van der Waals surface area contributed by atoms with Crippen LogP contribution in [0.5, 0.6) is 0 Å². The third-order valence-corrected chi connectivity index (χ3v) is 11.3. The Kier molecular flexibility index (Phi) is 6.85. The molecule has 7 aromatic carbocycles. The number of rotatable bonds is 4. The number of nitrogens with zero attached hydrogens (tertiary/aromatic N) is 3. The first-order valence-corrected chi connectivity index (χ1v) is 18.3. The van der Waals surface area contributed by atoms with Crippen molar-refractivity contribution in [1.29, 1.82) is 0 Å². The van der Waals surface area contributed by atoms with Gasteiger partial charge in [0, 0.05) is 59.1 Å². The summed E-state index contributed by atoms with van der Waals surface area (Å²) in [5.74, 6) is 0. The fourth-order valence-corrected chi connectivity index (χ4v) is 8.94. The maximum atomic E-state index is 2.61. The third-order valence-electron chi connectivity index (χ3n) is 11.3. The van der Waals surface area contributed by atoms with Gasteiger partial charge >= 0.3 is 0 Å². The van der Waals surface area contributed by atoms with E-state index in [-0.39, 0.29) is 0 Å². The summed E-state index contributed by atoms with van der Waals surface area (Å²) in [4.78, 5) is 5.22. The molecular weight excluding hydrogens is 595 g/mol. The molecule has 10 rings (SSSR count). The minimum absolute atomic E-state index is 1.13. The number of benzene rings is 7. The molecule has 2 saturated heterocycles. The van der Waals surface area contributed by atoms with Gasteiger partial charge in [0.1, 0.15) is 0 Å². The summed E-state index contributed by atoms with van der Waals surface area (Å²) < 4.78 is 2.57. The summed E-state index contributed by atoms with van der Waals surface area (Å²) in [6, 6.07) is 48.5. The van der Waals surface area contributed by atoms with Gasteiger partial charge in [0.25, 0.3) is 0 Å². The molecular formula is C46H41N3. The second-order valence-corrected chi connectivity index (χ2v) is 14.2. The average molecular weight is 636 g/mol. The Balaban J connectivity index is 1.36. The van der Waals surface area contributed by atoms with E-state index in [1.54, 1.807) is 0 Å². The number of fused-ring (bicyclic) bond motifs is 6. The Bertz CT molecular complexity index is 2470. The first-order valence-electron chi connectivity index (χ1n) is 18.3. The van der Waals surface area contributed by atoms with Crippen LogP contribution in [0.2, 0.25) is 0 Å². The summed E-state index contributed by atoms with van der Waals surface area (Å²) >= 11 is 0. The molecule has 2 fully saturated rings. The lowest BCUT2D eigenvalue weighted by Crippen LogP contribution is -2.29. The van der Waals surface area contributed by atoms with Gasteiger partial charge in [0.2, 0.25) is 0 Å². The smallest absolute Gasteiger partial charge is 0.0620 e. The van der Waals surface area contributed by atoms with Crippen LogP contribution in [0.3, 0.4) is 0 Å². The van der Waals surface area contributed by atoms with Crippen LogP contribution in [0, 0.1) is 0 Å². The fraction of sp³-hybridized carbons (Fsp3) is 0.217. The van der Waals surface area contributed by atoms with Crippen molar-refractivity contribution in [1.82, 2.24) is 4.57 Å². The van der Waals surface area contributed by atoms with Gasteiger partial charge < -0.3 is 14.4 Å². The Morgan fingerprint density at radius 2 is 0.918 bits per heavy atom. The lowest BCUT2D eigenvalue weighted by atomic mass is 9.88. The van der Waals surface area contributed by atoms with Crippen molar-refractivity contribution in [3.8, 4) is 16.8 Å². The number of hydrogen-bond donors (Lipinski definition) is 0. The molecule has 0 amide bonds. The van der Waals surface area contributed by atoms with E-state index < -0.39 is 0 Å². The molecule has 2 aliphatic heterocycles. The average Bonchev–Trinajstić information content (AvgIpc) is 3.51. The SMILES string of the molecule is c1ccc2cc(-c3c4cc(N5CCCCC5)ccc4c(-n4c5ccccc5c5ccccc54)c4cc(N5CCCCC5)ccc34)ccc2c1. The van der Waals surface area contributed by atoms with Crippen LogP contribution in [0.15, 0.2) is 127 Å². The molecule has 3 nitrogen and oxygen atoms in total. The predicted octanol–water partition coefficient (Wildman–Crippen LogP) is 11.9. The Morgan fingerprint density at radius 1 is 0.367 bits per heavy atom. The van der Waals surface area contributed by atoms with Crippen molar-refractivity contribution in [2.24, 2.45) is 0 Å². The van der Waals surface area contributed by atoms with E-state index >= 15 is 0 Å². The van der Waals surface area contributed by atoms with Crippen molar-refractivity contribution in [3.05, 3.63) is 127 Å². The van der Waals surface area contributed by atoms with Gasteiger partial charge in [-0.3, -0.25) is 0 Å². The minimum atomic E-state index is 1.13. The van der Waals surface area contributed by atoms with Crippen LogP contribution in [-0.4, -0.2) is 30.7 Å². The molecule has 0 aliphatic carbocycles. The molecule has 0 radical (unpaired) electrons. The molecule has 0 spiro atoms. The zero-order valence-electron chi connectivity index (χ0n) is 28.0. The van der Waals surface area contributed by atoms with Crippen molar-refractivity contribution in [2.45, 2.75) is 38.5 Å². The van der Waals surface area contributed by atoms with E-state index in [1.807, 2.05) is 0 Å². The molecule has 8 aromatic rings. The van der Waals surface area contributed by atoms with Crippen LogP contribution < -0.4 is 9.80 Å². The van der Waals surface area contributed by atoms with Gasteiger partial charge in [-0.1, -0.05) is 84.9 Å². The van der Waals surface area contributed by atoms with Crippen LogP contribution in [0.25, 0.3) is 70.9 Å². The molecule has 0 N–H and O–H groups in total. The molecule has 0 saturated carbocycles. The second-order valence-electron chi connectivity index (χ2n) is 14.2. The number of anilines is 2. The van der Waals surface area contributed by atoms with Crippen molar-refractivity contribution >= 4 is 65.5 Å². The highest BCUT2D eigenvalue weighted by Crippen LogP contribution is 2.46. The molecule has 3 heterocycles. The molecule has 240 valence electrons. The van der Waals surface area contributed by atoms with Crippen LogP contribution >= 0.6 is 0 Å². The van der Waals surface area contributed by atoms with Crippen molar-refractivity contribution in [3.63, 3.8) is 0 Å². The second kappa shape index (κ2) is 11.7. The monoisotopic (exact) mass is 635 g/mol. The zero-order chi connectivity index (χ0) is 32.3. The first kappa shape index (κ1) is 28.7. The largest absolute Gasteiger partial charge is 0.372 e. The quantitative estimate of drug-likeness (QED) is 0.178. The summed E-state index contributed by atoms with van der Waals surface area (Å²) in [7, 11) is 0. The highest BCUT2D eigenvalue weighted by Gasteiger charge is 2.23.